The maximum Gasteiger partial charge on any atom is 0.123 e. The third kappa shape index (κ3) is 5.85. The van der Waals surface area contributed by atoms with Crippen LogP contribution in [0.4, 0.5) is 0 Å². The lowest BCUT2D eigenvalue weighted by Gasteiger charge is -2.37. The van der Waals surface area contributed by atoms with Gasteiger partial charge in [0, 0.05) is 16.5 Å². The van der Waals surface area contributed by atoms with E-state index in [4.69, 9.17) is 4.74 Å². The average Bonchev–Trinajstić information content (AvgIpc) is 3.02. The number of phenols is 2. The summed E-state index contributed by atoms with van der Waals surface area (Å²) >= 11 is 0. The fraction of sp³-hybridized carbons (Fsp3) is 0.211. The first-order valence-electron chi connectivity index (χ1n) is 14.6. The zero-order chi connectivity index (χ0) is 28.7. The van der Waals surface area contributed by atoms with Gasteiger partial charge in [-0.2, -0.15) is 0 Å². The third-order valence-electron chi connectivity index (χ3n) is 7.96. The Kier molecular flexibility index (Phi) is 8.74. The van der Waals surface area contributed by atoms with Crippen LogP contribution in [0.1, 0.15) is 56.2 Å². The lowest BCUT2D eigenvalue weighted by atomic mass is 9.65. The molecule has 3 nitrogen and oxygen atoms in total. The molecule has 0 radical (unpaired) electrons. The lowest BCUT2D eigenvalue weighted by molar-refractivity contribution is 0.340. The maximum atomic E-state index is 11.0. The molecule has 0 fully saturated rings. The van der Waals surface area contributed by atoms with Gasteiger partial charge in [-0.05, 0) is 77.6 Å². The molecule has 208 valence electrons. The fourth-order valence-electron chi connectivity index (χ4n) is 5.88. The molecule has 0 heterocycles. The first kappa shape index (κ1) is 28.0. The quantitative estimate of drug-likeness (QED) is 0.129. The van der Waals surface area contributed by atoms with Gasteiger partial charge in [0.05, 0.1) is 6.61 Å². The number of phenolic OH excluding ortho intramolecular Hbond substituents is 2. The van der Waals surface area contributed by atoms with Gasteiger partial charge in [-0.15, -0.1) is 0 Å². The Bertz CT molecular complexity index is 1470. The van der Waals surface area contributed by atoms with Crippen molar-refractivity contribution >= 4 is 0 Å². The van der Waals surface area contributed by atoms with Crippen molar-refractivity contribution in [3.05, 3.63) is 138 Å². The molecule has 5 aromatic rings. The number of hydrogen-bond donors (Lipinski definition) is 2. The van der Waals surface area contributed by atoms with Crippen LogP contribution in [0.5, 0.6) is 17.2 Å². The second kappa shape index (κ2) is 12.8. The van der Waals surface area contributed by atoms with Crippen LogP contribution in [0.2, 0.25) is 0 Å². The normalized spacial score (nSPS) is 11.4. The van der Waals surface area contributed by atoms with Gasteiger partial charge in [0.15, 0.2) is 0 Å². The van der Waals surface area contributed by atoms with Crippen LogP contribution < -0.4 is 4.74 Å². The first-order chi connectivity index (χ1) is 20.1. The van der Waals surface area contributed by atoms with Crippen LogP contribution in [-0.4, -0.2) is 16.8 Å². The van der Waals surface area contributed by atoms with E-state index in [1.165, 1.54) is 0 Å². The molecule has 0 aliphatic heterocycles. The van der Waals surface area contributed by atoms with Gasteiger partial charge in [-0.25, -0.2) is 0 Å². The van der Waals surface area contributed by atoms with Gasteiger partial charge in [0.25, 0.3) is 0 Å². The minimum absolute atomic E-state index is 0.254. The molecule has 0 spiro atoms. The van der Waals surface area contributed by atoms with Crippen molar-refractivity contribution < 1.29 is 14.9 Å². The number of hydrogen-bond acceptors (Lipinski definition) is 3. The van der Waals surface area contributed by atoms with E-state index >= 15 is 0 Å². The van der Waals surface area contributed by atoms with E-state index in [-0.39, 0.29) is 11.5 Å². The van der Waals surface area contributed by atoms with Crippen molar-refractivity contribution in [1.82, 2.24) is 0 Å². The molecule has 0 amide bonds. The highest BCUT2D eigenvalue weighted by atomic mass is 16.5. The Labute approximate surface area is 243 Å². The van der Waals surface area contributed by atoms with E-state index in [0.29, 0.717) is 6.61 Å². The van der Waals surface area contributed by atoms with E-state index < -0.39 is 5.41 Å². The standard InChI is InChI=1S/C38H38O3/c1-3-5-12-25-38(30-17-21-33(22-18-30)41-4-2,31-19-23-36(39)34(26-31)28-13-8-6-9-14-28)32-20-24-37(40)35(27-32)29-15-10-7-11-16-29/h6-11,13-24,26-27,39-40H,3-5,12,25H2,1-2H3. The van der Waals surface area contributed by atoms with Crippen LogP contribution in [-0.2, 0) is 5.41 Å². The van der Waals surface area contributed by atoms with Crippen LogP contribution in [0.15, 0.2) is 121 Å². The summed E-state index contributed by atoms with van der Waals surface area (Å²) in [6.07, 6.45) is 4.10. The second-order valence-electron chi connectivity index (χ2n) is 10.5. The molecule has 3 heteroatoms. The molecule has 0 atom stereocenters. The number of benzene rings is 5. The largest absolute Gasteiger partial charge is 0.507 e. The number of unbranched alkanes of at least 4 members (excludes halogenated alkanes) is 2. The molecule has 0 aliphatic carbocycles. The van der Waals surface area contributed by atoms with Crippen LogP contribution in [0, 0.1) is 0 Å². The number of ether oxygens (including phenoxy) is 1. The number of aromatic hydroxyl groups is 2. The Morgan fingerprint density at radius 1 is 0.561 bits per heavy atom. The molecule has 5 rings (SSSR count). The second-order valence-corrected chi connectivity index (χ2v) is 10.5. The molecule has 5 aromatic carbocycles. The van der Waals surface area contributed by atoms with Crippen molar-refractivity contribution in [3.8, 4) is 39.5 Å². The van der Waals surface area contributed by atoms with E-state index in [1.54, 1.807) is 0 Å². The highest BCUT2D eigenvalue weighted by molar-refractivity contribution is 5.74. The summed E-state index contributed by atoms with van der Waals surface area (Å²) in [5, 5.41) is 22.0. The molecule has 0 aliphatic rings. The maximum absolute atomic E-state index is 11.0. The number of rotatable bonds is 11. The molecule has 41 heavy (non-hydrogen) atoms. The van der Waals surface area contributed by atoms with Crippen molar-refractivity contribution in [2.75, 3.05) is 6.61 Å². The predicted octanol–water partition coefficient (Wildman–Crippen LogP) is 9.75. The predicted molar refractivity (Wildman–Crippen MR) is 169 cm³/mol. The topological polar surface area (TPSA) is 49.7 Å². The minimum atomic E-state index is -0.533. The molecule has 0 unspecified atom stereocenters. The molecule has 2 N–H and O–H groups in total. The molecule has 0 saturated heterocycles. The van der Waals surface area contributed by atoms with Crippen molar-refractivity contribution in [2.24, 2.45) is 0 Å². The van der Waals surface area contributed by atoms with Crippen molar-refractivity contribution in [2.45, 2.75) is 44.9 Å². The summed E-state index contributed by atoms with van der Waals surface area (Å²) in [5.74, 6) is 1.35. The zero-order valence-corrected chi connectivity index (χ0v) is 23.9. The highest BCUT2D eigenvalue weighted by Gasteiger charge is 2.37. The summed E-state index contributed by atoms with van der Waals surface area (Å²) in [5.41, 5.74) is 6.35. The van der Waals surface area contributed by atoms with E-state index in [0.717, 1.165) is 70.4 Å². The van der Waals surface area contributed by atoms with Gasteiger partial charge < -0.3 is 14.9 Å². The highest BCUT2D eigenvalue weighted by Crippen LogP contribution is 2.48. The van der Waals surface area contributed by atoms with Crippen molar-refractivity contribution in [3.63, 3.8) is 0 Å². The Hall–Kier alpha value is -4.50. The monoisotopic (exact) mass is 542 g/mol. The Morgan fingerprint density at radius 3 is 1.51 bits per heavy atom. The summed E-state index contributed by atoms with van der Waals surface area (Å²) < 4.78 is 5.80. The van der Waals surface area contributed by atoms with Gasteiger partial charge in [0.1, 0.15) is 17.2 Å². The molecule has 0 aromatic heterocycles. The minimum Gasteiger partial charge on any atom is -0.507 e. The van der Waals surface area contributed by atoms with E-state index in [1.807, 2.05) is 91.9 Å². The third-order valence-corrected chi connectivity index (χ3v) is 7.96. The summed E-state index contributed by atoms with van der Waals surface area (Å²) in [6, 6.07) is 40.5. The molecular formula is C38H38O3. The SMILES string of the molecule is CCCCCC(c1ccc(OCC)cc1)(c1ccc(O)c(-c2ccccc2)c1)c1ccc(O)c(-c2ccccc2)c1. The van der Waals surface area contributed by atoms with E-state index in [2.05, 4.69) is 43.3 Å². The summed E-state index contributed by atoms with van der Waals surface area (Å²) in [6.45, 7) is 4.82. The average molecular weight is 543 g/mol. The summed E-state index contributed by atoms with van der Waals surface area (Å²) in [7, 11) is 0. The molecule has 0 saturated carbocycles. The Balaban J connectivity index is 1.79. The van der Waals surface area contributed by atoms with Crippen LogP contribution >= 0.6 is 0 Å². The smallest absolute Gasteiger partial charge is 0.123 e. The molecule has 0 bridgehead atoms. The van der Waals surface area contributed by atoms with Crippen molar-refractivity contribution in [1.29, 1.82) is 0 Å². The first-order valence-corrected chi connectivity index (χ1v) is 14.6. The van der Waals surface area contributed by atoms with Gasteiger partial charge in [0.2, 0.25) is 0 Å². The van der Waals surface area contributed by atoms with Gasteiger partial charge >= 0.3 is 0 Å². The lowest BCUT2D eigenvalue weighted by Crippen LogP contribution is -2.29. The molecular weight excluding hydrogens is 504 g/mol. The van der Waals surface area contributed by atoms with Gasteiger partial charge in [-0.1, -0.05) is 111 Å². The zero-order valence-electron chi connectivity index (χ0n) is 23.9. The van der Waals surface area contributed by atoms with E-state index in [9.17, 15) is 10.2 Å². The Morgan fingerprint density at radius 2 is 1.05 bits per heavy atom. The van der Waals surface area contributed by atoms with Crippen LogP contribution in [0.25, 0.3) is 22.3 Å². The van der Waals surface area contributed by atoms with Gasteiger partial charge in [-0.3, -0.25) is 0 Å². The van der Waals surface area contributed by atoms with Crippen LogP contribution in [0.3, 0.4) is 0 Å². The summed E-state index contributed by atoms with van der Waals surface area (Å²) in [4.78, 5) is 0. The fourth-order valence-corrected chi connectivity index (χ4v) is 5.88.